The number of aryl methyl sites for hydroxylation is 1. The van der Waals surface area contributed by atoms with Crippen LogP contribution in [0.1, 0.15) is 38.7 Å². The van der Waals surface area contributed by atoms with Crippen molar-refractivity contribution in [1.29, 1.82) is 0 Å². The molecule has 0 atom stereocenters. The molecular weight excluding hydrogens is 495 g/mol. The zero-order valence-corrected chi connectivity index (χ0v) is 20.8. The van der Waals surface area contributed by atoms with Crippen LogP contribution in [0, 0.1) is 0 Å². The van der Waals surface area contributed by atoms with Crippen LogP contribution in [-0.2, 0) is 20.7 Å². The Morgan fingerprint density at radius 3 is 2.67 bits per heavy atom. The average molecular weight is 532 g/mol. The number of aliphatic imine (C=N–C) groups is 1. The lowest BCUT2D eigenvalue weighted by molar-refractivity contribution is -0.114. The zero-order valence-electron chi connectivity index (χ0n) is 18.5. The van der Waals surface area contributed by atoms with Crippen molar-refractivity contribution < 1.29 is 14.3 Å². The number of methoxy groups -OCH3 is 1. The summed E-state index contributed by atoms with van der Waals surface area (Å²) in [5.41, 5.74) is 2.02. The number of piperidine rings is 1. The molecule has 1 heterocycles. The third-order valence-electron chi connectivity index (χ3n) is 4.91. The lowest BCUT2D eigenvalue weighted by Gasteiger charge is -2.34. The summed E-state index contributed by atoms with van der Waals surface area (Å²) in [5, 5.41) is 6.24. The highest BCUT2D eigenvalue weighted by Gasteiger charge is 2.22. The van der Waals surface area contributed by atoms with Gasteiger partial charge in [-0.1, -0.05) is 19.1 Å². The highest BCUT2D eigenvalue weighted by molar-refractivity contribution is 14.0. The van der Waals surface area contributed by atoms with E-state index >= 15 is 0 Å². The number of nitrogens with zero attached hydrogens (tertiary/aromatic N) is 2. The number of benzene rings is 1. The van der Waals surface area contributed by atoms with Gasteiger partial charge in [0.05, 0.1) is 6.10 Å². The Kier molecular flexibility index (Phi) is 13.7. The SMILES string of the molecule is CCNC(=NCC(=O)Nc1cccc(CC)c1)N1CCC(OCCCOC)CC1.I. The van der Waals surface area contributed by atoms with Crippen LogP contribution in [0.25, 0.3) is 0 Å². The molecule has 0 aromatic heterocycles. The molecule has 0 saturated carbocycles. The van der Waals surface area contributed by atoms with Crippen molar-refractivity contribution >= 4 is 41.5 Å². The number of halogens is 1. The monoisotopic (exact) mass is 532 g/mol. The van der Waals surface area contributed by atoms with Crippen molar-refractivity contribution in [3.8, 4) is 0 Å². The van der Waals surface area contributed by atoms with Crippen LogP contribution in [0.3, 0.4) is 0 Å². The minimum absolute atomic E-state index is 0. The Morgan fingerprint density at radius 1 is 1.23 bits per heavy atom. The second-order valence-electron chi connectivity index (χ2n) is 7.18. The maximum atomic E-state index is 12.3. The number of carbonyl (C=O) groups is 1. The molecule has 0 bridgehead atoms. The van der Waals surface area contributed by atoms with Gasteiger partial charge in [0.1, 0.15) is 6.54 Å². The summed E-state index contributed by atoms with van der Waals surface area (Å²) < 4.78 is 11.0. The van der Waals surface area contributed by atoms with Crippen molar-refractivity contribution in [3.63, 3.8) is 0 Å². The van der Waals surface area contributed by atoms with Gasteiger partial charge in [-0.3, -0.25) is 4.79 Å². The predicted octanol–water partition coefficient (Wildman–Crippen LogP) is 3.29. The number of hydrogen-bond acceptors (Lipinski definition) is 4. The second-order valence-corrected chi connectivity index (χ2v) is 7.18. The Bertz CT molecular complexity index is 649. The van der Waals surface area contributed by atoms with Crippen molar-refractivity contribution in [2.45, 2.75) is 45.6 Å². The minimum atomic E-state index is -0.106. The summed E-state index contributed by atoms with van der Waals surface area (Å²) in [5.74, 6) is 0.688. The molecule has 1 aromatic rings. The van der Waals surface area contributed by atoms with Gasteiger partial charge in [0.15, 0.2) is 5.96 Å². The van der Waals surface area contributed by atoms with Crippen LogP contribution in [-0.4, -0.2) is 69.4 Å². The van der Waals surface area contributed by atoms with Crippen LogP contribution in [0.5, 0.6) is 0 Å². The Balaban J connectivity index is 0.00000450. The smallest absolute Gasteiger partial charge is 0.246 e. The van der Waals surface area contributed by atoms with E-state index in [1.807, 2.05) is 25.1 Å². The number of nitrogens with one attached hydrogen (secondary N) is 2. The van der Waals surface area contributed by atoms with Crippen LogP contribution >= 0.6 is 24.0 Å². The predicted molar refractivity (Wildman–Crippen MR) is 133 cm³/mol. The first-order chi connectivity index (χ1) is 14.2. The molecule has 2 rings (SSSR count). The fraction of sp³-hybridized carbons (Fsp3) is 0.636. The lowest BCUT2D eigenvalue weighted by atomic mass is 10.1. The van der Waals surface area contributed by atoms with Gasteiger partial charge in [-0.15, -0.1) is 24.0 Å². The summed E-state index contributed by atoms with van der Waals surface area (Å²) in [6.07, 6.45) is 4.09. The number of guanidine groups is 1. The van der Waals surface area contributed by atoms with Gasteiger partial charge in [0.2, 0.25) is 5.91 Å². The third-order valence-corrected chi connectivity index (χ3v) is 4.91. The van der Waals surface area contributed by atoms with Gasteiger partial charge in [-0.05, 0) is 50.3 Å². The van der Waals surface area contributed by atoms with E-state index in [2.05, 4.69) is 33.5 Å². The normalized spacial score (nSPS) is 14.9. The molecule has 170 valence electrons. The summed E-state index contributed by atoms with van der Waals surface area (Å²) >= 11 is 0. The van der Waals surface area contributed by atoms with Gasteiger partial charge in [-0.25, -0.2) is 4.99 Å². The molecule has 1 aliphatic heterocycles. The van der Waals surface area contributed by atoms with E-state index in [1.165, 1.54) is 5.56 Å². The number of rotatable bonds is 10. The van der Waals surface area contributed by atoms with Crippen molar-refractivity contribution in [2.75, 3.05) is 51.8 Å². The molecule has 8 heteroatoms. The van der Waals surface area contributed by atoms with E-state index in [9.17, 15) is 4.79 Å². The maximum Gasteiger partial charge on any atom is 0.246 e. The Morgan fingerprint density at radius 2 is 2.00 bits per heavy atom. The maximum absolute atomic E-state index is 12.3. The van der Waals surface area contributed by atoms with Gasteiger partial charge in [0.25, 0.3) is 0 Å². The number of carbonyl (C=O) groups excluding carboxylic acids is 1. The fourth-order valence-electron chi connectivity index (χ4n) is 3.33. The van der Waals surface area contributed by atoms with E-state index in [0.29, 0.717) is 6.10 Å². The first-order valence-corrected chi connectivity index (χ1v) is 10.7. The van der Waals surface area contributed by atoms with Crippen LogP contribution in [0.2, 0.25) is 0 Å². The summed E-state index contributed by atoms with van der Waals surface area (Å²) in [6.45, 7) is 8.24. The summed E-state index contributed by atoms with van der Waals surface area (Å²) in [6, 6.07) is 7.93. The molecule has 0 aliphatic carbocycles. The number of hydrogen-bond donors (Lipinski definition) is 2. The molecule has 1 fully saturated rings. The molecule has 0 spiro atoms. The second kappa shape index (κ2) is 15.4. The molecule has 2 N–H and O–H groups in total. The van der Waals surface area contributed by atoms with Crippen LogP contribution < -0.4 is 10.6 Å². The zero-order chi connectivity index (χ0) is 20.9. The Labute approximate surface area is 198 Å². The van der Waals surface area contributed by atoms with Gasteiger partial charge >= 0.3 is 0 Å². The standard InChI is InChI=1S/C22H36N4O3.HI/c1-4-18-8-6-9-19(16-18)25-21(27)17-24-22(23-5-2)26-12-10-20(11-13-26)29-15-7-14-28-3;/h6,8-9,16,20H,4-5,7,10-15,17H2,1-3H3,(H,23,24)(H,25,27);1H. The highest BCUT2D eigenvalue weighted by Crippen LogP contribution is 2.14. The summed E-state index contributed by atoms with van der Waals surface area (Å²) in [4.78, 5) is 19.1. The molecule has 1 aliphatic rings. The largest absolute Gasteiger partial charge is 0.385 e. The molecule has 7 nitrogen and oxygen atoms in total. The highest BCUT2D eigenvalue weighted by atomic mass is 127. The molecule has 1 saturated heterocycles. The lowest BCUT2D eigenvalue weighted by Crippen LogP contribution is -2.47. The van der Waals surface area contributed by atoms with Crippen LogP contribution in [0.15, 0.2) is 29.3 Å². The molecule has 30 heavy (non-hydrogen) atoms. The number of ether oxygens (including phenoxy) is 2. The Hall–Kier alpha value is -1.39. The summed E-state index contributed by atoms with van der Waals surface area (Å²) in [7, 11) is 1.71. The van der Waals surface area contributed by atoms with Crippen molar-refractivity contribution in [2.24, 2.45) is 4.99 Å². The fourth-order valence-corrected chi connectivity index (χ4v) is 3.33. The van der Waals surface area contributed by atoms with E-state index in [-0.39, 0.29) is 36.4 Å². The third kappa shape index (κ3) is 9.61. The first-order valence-electron chi connectivity index (χ1n) is 10.7. The van der Waals surface area contributed by atoms with Gasteiger partial charge in [0, 0.05) is 45.6 Å². The first kappa shape index (κ1) is 26.6. The molecular formula is C22H37IN4O3. The van der Waals surface area contributed by atoms with Crippen molar-refractivity contribution in [3.05, 3.63) is 29.8 Å². The molecule has 0 radical (unpaired) electrons. The van der Waals surface area contributed by atoms with E-state index in [4.69, 9.17) is 9.47 Å². The number of likely N-dealkylation sites (tertiary alicyclic amines) is 1. The average Bonchev–Trinajstić information content (AvgIpc) is 2.75. The molecule has 1 amide bonds. The van der Waals surface area contributed by atoms with E-state index < -0.39 is 0 Å². The minimum Gasteiger partial charge on any atom is -0.385 e. The quantitative estimate of drug-likeness (QED) is 0.210. The van der Waals surface area contributed by atoms with Crippen molar-refractivity contribution in [1.82, 2.24) is 10.2 Å². The molecule has 1 aromatic carbocycles. The van der Waals surface area contributed by atoms with E-state index in [1.54, 1.807) is 7.11 Å². The van der Waals surface area contributed by atoms with Gasteiger partial charge in [-0.2, -0.15) is 0 Å². The topological polar surface area (TPSA) is 75.2 Å². The van der Waals surface area contributed by atoms with E-state index in [0.717, 1.165) is 70.2 Å². The van der Waals surface area contributed by atoms with Crippen LogP contribution in [0.4, 0.5) is 5.69 Å². The molecule has 0 unspecified atom stereocenters. The van der Waals surface area contributed by atoms with Gasteiger partial charge < -0.3 is 25.0 Å². The number of amides is 1. The number of anilines is 1.